The van der Waals surface area contributed by atoms with E-state index in [1.807, 2.05) is 159 Å². The molecule has 22 rings (SSSR count). The van der Waals surface area contributed by atoms with Gasteiger partial charge in [0.05, 0.1) is 92.5 Å². The van der Waals surface area contributed by atoms with Gasteiger partial charge >= 0.3 is 0 Å². The fourth-order valence-electron chi connectivity index (χ4n) is 16.7. The van der Waals surface area contributed by atoms with Crippen LogP contribution < -0.4 is 52.0 Å². The zero-order valence-corrected chi connectivity index (χ0v) is 72.1. The van der Waals surface area contributed by atoms with Crippen LogP contribution in [-0.4, -0.2) is 188 Å². The Balaban J connectivity index is 0.000000109. The van der Waals surface area contributed by atoms with Crippen LogP contribution in [0.4, 0.5) is 46.0 Å². The molecule has 5 aliphatic rings. The molecule has 640 valence electrons. The Hall–Kier alpha value is -13.4. The normalized spacial score (nSPS) is 17.2. The van der Waals surface area contributed by atoms with E-state index in [0.29, 0.717) is 23.7 Å². The van der Waals surface area contributed by atoms with E-state index in [4.69, 9.17) is 29.4 Å². The number of hydrogen-bond acceptors (Lipinski definition) is 26. The van der Waals surface area contributed by atoms with Gasteiger partial charge in [-0.3, -0.25) is 18.7 Å². The molecule has 125 heavy (non-hydrogen) atoms. The van der Waals surface area contributed by atoms with Crippen LogP contribution in [-0.2, 0) is 38.2 Å². The minimum atomic E-state index is -3.48. The smallest absolute Gasteiger partial charge is 0.242 e. The molecule has 4 aromatic carbocycles. The number of hydrogen-bond donors (Lipinski definition) is 8. The highest BCUT2D eigenvalue weighted by Crippen LogP contribution is 2.40. The molecule has 4 fully saturated rings. The summed E-state index contributed by atoms with van der Waals surface area (Å²) >= 11 is 1.71. The molecule has 0 radical (unpaired) electrons. The molecule has 0 bridgehead atoms. The van der Waals surface area contributed by atoms with Crippen molar-refractivity contribution in [1.29, 1.82) is 0 Å². The first-order valence-electron chi connectivity index (χ1n) is 42.3. The van der Waals surface area contributed by atoms with Crippen LogP contribution in [0.2, 0.25) is 0 Å². The van der Waals surface area contributed by atoms with Gasteiger partial charge < -0.3 is 52.0 Å². The average molecular weight is 1720 g/mol. The lowest BCUT2D eigenvalue weighted by Crippen LogP contribution is -2.29. The third-order valence-corrected chi connectivity index (χ3v) is 26.0. The van der Waals surface area contributed by atoms with Gasteiger partial charge in [-0.2, -0.15) is 58.9 Å². The number of anilines is 8. The number of sulfonamides is 1. The summed E-state index contributed by atoms with van der Waals surface area (Å²) in [5, 5.41) is 64.9. The van der Waals surface area contributed by atoms with Crippen molar-refractivity contribution < 1.29 is 17.9 Å². The van der Waals surface area contributed by atoms with Crippen LogP contribution in [0.3, 0.4) is 0 Å². The minimum absolute atomic E-state index is 0.245. The molecule has 0 aliphatic carbocycles. The number of fused-ring (bicyclic) bond motifs is 6. The van der Waals surface area contributed by atoms with Gasteiger partial charge in [-0.15, -0.1) is 11.3 Å². The van der Waals surface area contributed by atoms with Gasteiger partial charge in [0.25, 0.3) is 0 Å². The summed E-state index contributed by atoms with van der Waals surface area (Å²) in [6.45, 7) is 10.3. The van der Waals surface area contributed by atoms with Crippen molar-refractivity contribution in [2.45, 2.75) is 86.9 Å². The Morgan fingerprint density at radius 1 is 0.400 bits per heavy atom. The monoisotopic (exact) mass is 1710 g/mol. The van der Waals surface area contributed by atoms with Crippen molar-refractivity contribution in [2.75, 3.05) is 94.5 Å². The second-order valence-corrected chi connectivity index (χ2v) is 35.8. The lowest BCUT2D eigenvalue weighted by atomic mass is 9.96. The molecule has 0 spiro atoms. The SMILES string of the molecule is CN(C)S(=O)(=O)c1ccc(Nc2cc(C3CCCNC3)nc3c(-c4cnn(C)c4)cnn23)cc1.Cc1nc2cc(Nc3cc(C4CCCNC4)nc4c(-c5cnn(C)c5)cnn34)ccc2s1.Cn1cc(-c2cnn3c(Nc4ccc5c(c4)OCO5)cc(C4CCCNC4)nc23)cn1.Cn1cc(-c2cnn3c(Nc4ccccc4)cc(C4CCCNC4)nc23)cn1. The molecule has 34 nitrogen and oxygen atoms in total. The van der Waals surface area contributed by atoms with Crippen molar-refractivity contribution in [3.8, 4) is 56.0 Å². The van der Waals surface area contributed by atoms with E-state index in [1.54, 1.807) is 65.0 Å². The number of nitrogens with one attached hydrogen (secondary N) is 8. The molecule has 13 aromatic heterocycles. The van der Waals surface area contributed by atoms with E-state index >= 15 is 0 Å². The van der Waals surface area contributed by atoms with E-state index in [-0.39, 0.29) is 11.7 Å². The number of piperidine rings is 4. The molecule has 4 saturated heterocycles. The number of para-hydroxylation sites is 1. The average Bonchev–Trinajstić information content (AvgIpc) is 1.67. The highest BCUT2D eigenvalue weighted by atomic mass is 32.2. The summed E-state index contributed by atoms with van der Waals surface area (Å²) in [6.07, 6.45) is 31.8. The maximum absolute atomic E-state index is 12.4. The Labute approximate surface area is 724 Å². The van der Waals surface area contributed by atoms with Gasteiger partial charge in [-0.1, -0.05) is 18.2 Å². The zero-order valence-electron chi connectivity index (χ0n) is 70.5. The highest BCUT2D eigenvalue weighted by Gasteiger charge is 2.29. The molecule has 36 heteroatoms. The van der Waals surface area contributed by atoms with Crippen LogP contribution >= 0.6 is 11.3 Å². The van der Waals surface area contributed by atoms with Gasteiger partial charge in [0.2, 0.25) is 16.8 Å². The number of thiazole rings is 1. The Morgan fingerprint density at radius 2 is 0.752 bits per heavy atom. The first kappa shape index (κ1) is 81.3. The number of nitrogens with zero attached hydrogens (tertiary/aromatic N) is 22. The first-order valence-corrected chi connectivity index (χ1v) is 44.5. The third kappa shape index (κ3) is 17.6. The second-order valence-electron chi connectivity index (χ2n) is 32.4. The van der Waals surface area contributed by atoms with Crippen molar-refractivity contribution >= 4 is 100 Å². The van der Waals surface area contributed by atoms with Crippen molar-refractivity contribution in [2.24, 2.45) is 28.2 Å². The summed E-state index contributed by atoms with van der Waals surface area (Å²) in [4.78, 5) is 25.0. The Kier molecular flexibility index (Phi) is 23.1. The maximum Gasteiger partial charge on any atom is 0.242 e. The summed E-state index contributed by atoms with van der Waals surface area (Å²) in [5.41, 5.74) is 20.1. The topological polar surface area (TPSA) is 357 Å². The molecular weight excluding hydrogens is 1620 g/mol. The van der Waals surface area contributed by atoms with E-state index in [1.165, 1.54) is 29.5 Å². The quantitative estimate of drug-likeness (QED) is 0.0395. The van der Waals surface area contributed by atoms with Crippen LogP contribution in [0.15, 0.2) is 195 Å². The Morgan fingerprint density at radius 3 is 1.11 bits per heavy atom. The Bertz CT molecular complexity index is 6810. The predicted molar refractivity (Wildman–Crippen MR) is 484 cm³/mol. The number of rotatable bonds is 18. The molecule has 8 N–H and O–H groups in total. The predicted octanol–water partition coefficient (Wildman–Crippen LogP) is 13.3. The van der Waals surface area contributed by atoms with Crippen LogP contribution in [0.1, 0.15) is 103 Å². The molecular formula is C89H98N30O4S2. The summed E-state index contributed by atoms with van der Waals surface area (Å²) in [5.74, 6) is 6.42. The summed E-state index contributed by atoms with van der Waals surface area (Å²) in [7, 11) is 7.20. The molecule has 18 heterocycles. The lowest BCUT2D eigenvalue weighted by molar-refractivity contribution is 0.174. The van der Waals surface area contributed by atoms with Gasteiger partial charge in [-0.25, -0.2) is 37.6 Å². The molecule has 5 aliphatic heterocycles. The maximum atomic E-state index is 12.4. The molecule has 4 atom stereocenters. The van der Waals surface area contributed by atoms with Gasteiger partial charge in [0, 0.05) is 215 Å². The molecule has 4 unspecified atom stereocenters. The largest absolute Gasteiger partial charge is 0.454 e. The second kappa shape index (κ2) is 35.5. The van der Waals surface area contributed by atoms with Crippen LogP contribution in [0, 0.1) is 6.92 Å². The van der Waals surface area contributed by atoms with Crippen molar-refractivity contribution in [3.63, 3.8) is 0 Å². The standard InChI is InChI=1S/C23H28N8O2S.C23H24N8S.C22H23N7O2.C21H23N7/c1-29(2)34(32,33)19-8-6-18(7-9-19)27-22-11-21(16-5-4-10-24-12-16)28-23-20(14-26-31(22)23)17-13-25-30(3)15-17;1-14-27-20-8-17(5-6-21(20)32-14)28-22-9-19(15-4-3-7-24-10-15)29-23-18(12-26-31(22)23)16-11-25-30(2)13-16;1-28-12-15(10-24-28)17-11-25-29-21(26-16-4-5-19-20(7-16)31-13-30-19)8-18(27-22(17)29)14-3-2-6-23-9-14;1-27-14-16(12-23-27)18-13-24-28-20(25-17-7-3-2-4-8-17)10-19(26-21(18)28)15-6-5-9-22-11-15/h6-9,11,13-16,24,27H,4-5,10,12H2,1-3H3;5-6,8-9,11-13,15,24,28H,3-4,7,10H2,1-2H3;4-5,7-8,10-12,14,23,26H,2-3,6,9,13H2,1H3;2-4,7-8,10,12-15,22,25H,5-6,9,11H2,1H3. The molecule has 0 saturated carbocycles. The third-order valence-electron chi connectivity index (χ3n) is 23.3. The first-order chi connectivity index (χ1) is 61.0. The minimum Gasteiger partial charge on any atom is -0.454 e. The number of ether oxygens (including phenoxy) is 2. The highest BCUT2D eigenvalue weighted by molar-refractivity contribution is 7.89. The molecule has 0 amide bonds. The lowest BCUT2D eigenvalue weighted by Gasteiger charge is -2.23. The van der Waals surface area contributed by atoms with E-state index < -0.39 is 10.0 Å². The number of aryl methyl sites for hydroxylation is 5. The van der Waals surface area contributed by atoms with E-state index in [9.17, 15) is 8.42 Å². The van der Waals surface area contributed by atoms with Crippen molar-refractivity contribution in [3.05, 3.63) is 217 Å². The number of aromatic nitrogens is 21. The van der Waals surface area contributed by atoms with Crippen LogP contribution in [0.25, 0.3) is 77.3 Å². The van der Waals surface area contributed by atoms with Gasteiger partial charge in [-0.05, 0) is 151 Å². The van der Waals surface area contributed by atoms with E-state index in [2.05, 4.69) is 137 Å². The fraction of sp³-hybridized carbons (Fsp3) is 0.315. The van der Waals surface area contributed by atoms with Gasteiger partial charge in [0.15, 0.2) is 34.1 Å². The summed E-state index contributed by atoms with van der Waals surface area (Å²) < 4.78 is 52.7. The fourth-order valence-corrected chi connectivity index (χ4v) is 18.4. The number of benzene rings is 4. The van der Waals surface area contributed by atoms with Gasteiger partial charge in [0.1, 0.15) is 23.3 Å². The summed E-state index contributed by atoms with van der Waals surface area (Å²) in [6, 6.07) is 37.5. The zero-order chi connectivity index (χ0) is 85.2. The van der Waals surface area contributed by atoms with Crippen molar-refractivity contribution in [1.82, 2.24) is 128 Å². The molecule has 17 aromatic rings. The van der Waals surface area contributed by atoms with E-state index in [0.717, 1.165) is 255 Å². The van der Waals surface area contributed by atoms with Crippen LogP contribution in [0.5, 0.6) is 11.5 Å².